The van der Waals surface area contributed by atoms with Crippen LogP contribution >= 0.6 is 27.7 Å². The predicted molar refractivity (Wildman–Crippen MR) is 93.5 cm³/mol. The van der Waals surface area contributed by atoms with Crippen molar-refractivity contribution < 1.29 is 18.7 Å². The standard InChI is InChI=1S/C17H13BrFNO3S/c18-12-6-7-15(13(19)8-12)23-17(22)14-9-24-10-20(14)16(21)11-4-2-1-3-5-11/h1-8,14H,9-10H2/t14-/m0/s1. The molecule has 0 aliphatic carbocycles. The molecule has 2 aromatic rings. The van der Waals surface area contributed by atoms with Crippen molar-refractivity contribution in [2.75, 3.05) is 11.6 Å². The molecular formula is C17H13BrFNO3S. The van der Waals surface area contributed by atoms with E-state index in [0.29, 0.717) is 21.7 Å². The molecule has 1 amide bonds. The number of benzene rings is 2. The Kier molecular flexibility index (Phi) is 5.20. The molecule has 3 rings (SSSR count). The quantitative estimate of drug-likeness (QED) is 0.572. The van der Waals surface area contributed by atoms with E-state index in [9.17, 15) is 14.0 Å². The molecule has 1 fully saturated rings. The average Bonchev–Trinajstić information content (AvgIpc) is 3.07. The van der Waals surface area contributed by atoms with Crippen molar-refractivity contribution in [3.05, 3.63) is 64.4 Å². The average molecular weight is 410 g/mol. The molecule has 1 atom stereocenters. The Bertz CT molecular complexity index is 772. The lowest BCUT2D eigenvalue weighted by Gasteiger charge is -2.22. The monoisotopic (exact) mass is 409 g/mol. The first-order valence-corrected chi connectivity index (χ1v) is 9.11. The summed E-state index contributed by atoms with van der Waals surface area (Å²) < 4.78 is 19.5. The van der Waals surface area contributed by atoms with Crippen LogP contribution < -0.4 is 4.74 Å². The molecular weight excluding hydrogens is 397 g/mol. The Balaban J connectivity index is 1.75. The summed E-state index contributed by atoms with van der Waals surface area (Å²) in [6.45, 7) is 0. The first-order valence-electron chi connectivity index (χ1n) is 7.17. The molecule has 1 saturated heterocycles. The number of hydrogen-bond donors (Lipinski definition) is 0. The number of carbonyl (C=O) groups is 2. The molecule has 7 heteroatoms. The third kappa shape index (κ3) is 3.62. The summed E-state index contributed by atoms with van der Waals surface area (Å²) in [6.07, 6.45) is 0. The molecule has 0 N–H and O–H groups in total. The van der Waals surface area contributed by atoms with Crippen LogP contribution in [0.2, 0.25) is 0 Å². The predicted octanol–water partition coefficient (Wildman–Crippen LogP) is 3.71. The molecule has 24 heavy (non-hydrogen) atoms. The molecule has 0 radical (unpaired) electrons. The normalized spacial score (nSPS) is 16.9. The summed E-state index contributed by atoms with van der Waals surface area (Å²) in [4.78, 5) is 26.4. The first-order chi connectivity index (χ1) is 11.6. The van der Waals surface area contributed by atoms with E-state index in [1.165, 1.54) is 28.8 Å². The third-order valence-corrected chi connectivity index (χ3v) is 5.05. The van der Waals surface area contributed by atoms with E-state index in [4.69, 9.17) is 4.74 Å². The largest absolute Gasteiger partial charge is 0.422 e. The van der Waals surface area contributed by atoms with Crippen LogP contribution in [0.5, 0.6) is 5.75 Å². The highest BCUT2D eigenvalue weighted by Crippen LogP contribution is 2.26. The molecule has 4 nitrogen and oxygen atoms in total. The van der Waals surface area contributed by atoms with E-state index in [1.807, 2.05) is 6.07 Å². The zero-order chi connectivity index (χ0) is 17.1. The van der Waals surface area contributed by atoms with Crippen molar-refractivity contribution in [3.63, 3.8) is 0 Å². The summed E-state index contributed by atoms with van der Waals surface area (Å²) in [5.74, 6) is -0.827. The molecule has 2 aromatic carbocycles. The van der Waals surface area contributed by atoms with Gasteiger partial charge in [0.2, 0.25) is 0 Å². The zero-order valence-corrected chi connectivity index (χ0v) is 14.8. The lowest BCUT2D eigenvalue weighted by atomic mass is 10.2. The van der Waals surface area contributed by atoms with Gasteiger partial charge in [0.25, 0.3) is 5.91 Å². The van der Waals surface area contributed by atoms with E-state index >= 15 is 0 Å². The highest BCUT2D eigenvalue weighted by molar-refractivity contribution is 9.10. The Hall–Kier alpha value is -1.86. The van der Waals surface area contributed by atoms with Crippen LogP contribution in [0.25, 0.3) is 0 Å². The van der Waals surface area contributed by atoms with Crippen molar-refractivity contribution in [2.24, 2.45) is 0 Å². The number of halogens is 2. The molecule has 0 aromatic heterocycles. The SMILES string of the molecule is O=C(Oc1ccc(Br)cc1F)[C@@H]1CSCN1C(=O)c1ccccc1. The van der Waals surface area contributed by atoms with Gasteiger partial charge >= 0.3 is 5.97 Å². The van der Waals surface area contributed by atoms with Crippen LogP contribution in [0, 0.1) is 5.82 Å². The van der Waals surface area contributed by atoms with Gasteiger partial charge in [-0.15, -0.1) is 11.8 Å². The molecule has 0 bridgehead atoms. The number of esters is 1. The Morgan fingerprint density at radius 3 is 2.67 bits per heavy atom. The van der Waals surface area contributed by atoms with Gasteiger partial charge in [-0.25, -0.2) is 9.18 Å². The van der Waals surface area contributed by atoms with Crippen LogP contribution in [-0.2, 0) is 4.79 Å². The van der Waals surface area contributed by atoms with Gasteiger partial charge in [-0.2, -0.15) is 0 Å². The van der Waals surface area contributed by atoms with Crippen molar-refractivity contribution in [2.45, 2.75) is 6.04 Å². The Morgan fingerprint density at radius 1 is 1.21 bits per heavy atom. The number of nitrogens with zero attached hydrogens (tertiary/aromatic N) is 1. The van der Waals surface area contributed by atoms with Gasteiger partial charge in [-0.1, -0.05) is 34.1 Å². The summed E-state index contributed by atoms with van der Waals surface area (Å²) in [5.41, 5.74) is 0.507. The Labute approximate surface area is 151 Å². The van der Waals surface area contributed by atoms with Gasteiger partial charge in [0.05, 0.1) is 5.88 Å². The van der Waals surface area contributed by atoms with E-state index in [2.05, 4.69) is 15.9 Å². The van der Waals surface area contributed by atoms with Gasteiger partial charge in [0.15, 0.2) is 11.6 Å². The topological polar surface area (TPSA) is 46.6 Å². The maximum absolute atomic E-state index is 13.8. The van der Waals surface area contributed by atoms with Gasteiger partial charge in [0.1, 0.15) is 6.04 Å². The van der Waals surface area contributed by atoms with Crippen LogP contribution in [-0.4, -0.2) is 34.4 Å². The Morgan fingerprint density at radius 2 is 1.96 bits per heavy atom. The smallest absolute Gasteiger partial charge is 0.335 e. The van der Waals surface area contributed by atoms with Crippen LogP contribution in [0.15, 0.2) is 53.0 Å². The second kappa shape index (κ2) is 7.36. The van der Waals surface area contributed by atoms with Crippen LogP contribution in [0.3, 0.4) is 0 Å². The highest BCUT2D eigenvalue weighted by Gasteiger charge is 2.36. The first kappa shape index (κ1) is 17.0. The molecule has 124 valence electrons. The number of ether oxygens (including phenoxy) is 1. The van der Waals surface area contributed by atoms with Gasteiger partial charge in [-0.05, 0) is 30.3 Å². The van der Waals surface area contributed by atoms with Gasteiger partial charge < -0.3 is 9.64 Å². The molecule has 1 heterocycles. The molecule has 0 unspecified atom stereocenters. The number of hydrogen-bond acceptors (Lipinski definition) is 4. The third-order valence-electron chi connectivity index (χ3n) is 3.54. The molecule has 0 spiro atoms. The van der Waals surface area contributed by atoms with Crippen LogP contribution in [0.4, 0.5) is 4.39 Å². The van der Waals surface area contributed by atoms with Crippen molar-refractivity contribution in [3.8, 4) is 5.75 Å². The fraction of sp³-hybridized carbons (Fsp3) is 0.176. The minimum atomic E-state index is -0.731. The lowest BCUT2D eigenvalue weighted by Crippen LogP contribution is -2.43. The zero-order valence-electron chi connectivity index (χ0n) is 12.4. The number of amides is 1. The van der Waals surface area contributed by atoms with Crippen molar-refractivity contribution in [1.82, 2.24) is 4.90 Å². The van der Waals surface area contributed by atoms with E-state index in [0.717, 1.165) is 0 Å². The summed E-state index contributed by atoms with van der Waals surface area (Å²) in [6, 6.07) is 12.2. The minimum absolute atomic E-state index is 0.146. The van der Waals surface area contributed by atoms with Crippen molar-refractivity contribution >= 4 is 39.6 Å². The fourth-order valence-electron chi connectivity index (χ4n) is 2.32. The fourth-order valence-corrected chi connectivity index (χ4v) is 3.79. The molecule has 1 aliphatic heterocycles. The number of carbonyl (C=O) groups excluding carboxylic acids is 2. The van der Waals surface area contributed by atoms with E-state index in [1.54, 1.807) is 30.3 Å². The molecule has 0 saturated carbocycles. The number of rotatable bonds is 3. The second-order valence-corrected chi connectivity index (χ2v) is 7.07. The maximum atomic E-state index is 13.8. The van der Waals surface area contributed by atoms with E-state index in [-0.39, 0.29) is 11.7 Å². The summed E-state index contributed by atoms with van der Waals surface area (Å²) in [7, 11) is 0. The summed E-state index contributed by atoms with van der Waals surface area (Å²) in [5, 5.41) is 0. The number of thioether (sulfide) groups is 1. The minimum Gasteiger partial charge on any atom is -0.422 e. The summed E-state index contributed by atoms with van der Waals surface area (Å²) >= 11 is 4.61. The second-order valence-electron chi connectivity index (χ2n) is 5.15. The highest BCUT2D eigenvalue weighted by atomic mass is 79.9. The van der Waals surface area contributed by atoms with Crippen molar-refractivity contribution in [1.29, 1.82) is 0 Å². The maximum Gasteiger partial charge on any atom is 0.335 e. The lowest BCUT2D eigenvalue weighted by molar-refractivity contribution is -0.138. The van der Waals surface area contributed by atoms with E-state index < -0.39 is 17.8 Å². The van der Waals surface area contributed by atoms with Gasteiger partial charge in [0, 0.05) is 15.8 Å². The van der Waals surface area contributed by atoms with Gasteiger partial charge in [-0.3, -0.25) is 4.79 Å². The van der Waals surface area contributed by atoms with Crippen LogP contribution in [0.1, 0.15) is 10.4 Å². The molecule has 1 aliphatic rings.